The number of hydrogen-bond donors (Lipinski definition) is 1. The van der Waals surface area contributed by atoms with E-state index in [0.29, 0.717) is 56.2 Å². The minimum absolute atomic E-state index is 0.0224. The number of carbonyl (C=O) groups excluding carboxylic acids is 2. The number of amides is 2. The van der Waals surface area contributed by atoms with Gasteiger partial charge in [0, 0.05) is 24.7 Å². The van der Waals surface area contributed by atoms with Gasteiger partial charge in [-0.1, -0.05) is 0 Å². The summed E-state index contributed by atoms with van der Waals surface area (Å²) in [4.78, 5) is 26.4. The molecule has 2 aliphatic rings. The summed E-state index contributed by atoms with van der Waals surface area (Å²) in [6, 6.07) is 5.30. The third-order valence-corrected chi connectivity index (χ3v) is 4.29. The molecule has 0 unspecified atom stereocenters. The fraction of sp³-hybridized carbons (Fsp3) is 0.579. The first-order valence-corrected chi connectivity index (χ1v) is 9.00. The quantitative estimate of drug-likeness (QED) is 0.875. The van der Waals surface area contributed by atoms with Gasteiger partial charge in [-0.25, -0.2) is 4.79 Å². The van der Waals surface area contributed by atoms with Gasteiger partial charge >= 0.3 is 6.09 Å². The minimum Gasteiger partial charge on any atom is -0.486 e. The number of hydrogen-bond acceptors (Lipinski definition) is 5. The van der Waals surface area contributed by atoms with E-state index in [-0.39, 0.29) is 11.9 Å². The highest BCUT2D eigenvalue weighted by Crippen LogP contribution is 2.31. The lowest BCUT2D eigenvalue weighted by molar-refractivity contribution is 0.0473. The van der Waals surface area contributed by atoms with Gasteiger partial charge in [0.05, 0.1) is 0 Å². The van der Waals surface area contributed by atoms with Gasteiger partial charge in [-0.3, -0.25) is 4.79 Å². The summed E-state index contributed by atoms with van der Waals surface area (Å²) in [5.74, 6) is 1.26. The number of benzene rings is 1. The number of piperidine rings is 1. The van der Waals surface area contributed by atoms with Crippen molar-refractivity contribution in [2.24, 2.45) is 0 Å². The molecule has 0 bridgehead atoms. The van der Waals surface area contributed by atoms with Crippen molar-refractivity contribution >= 4 is 12.0 Å². The average molecular weight is 362 g/mol. The van der Waals surface area contributed by atoms with Crippen LogP contribution in [-0.4, -0.2) is 54.8 Å². The van der Waals surface area contributed by atoms with E-state index in [0.717, 1.165) is 0 Å². The molecule has 0 saturated carbocycles. The van der Waals surface area contributed by atoms with Crippen LogP contribution in [0, 0.1) is 0 Å². The van der Waals surface area contributed by atoms with E-state index < -0.39 is 11.7 Å². The first-order valence-electron chi connectivity index (χ1n) is 9.00. The molecule has 0 aromatic heterocycles. The van der Waals surface area contributed by atoms with Crippen LogP contribution < -0.4 is 14.8 Å². The SMILES string of the molecule is CC(C)(C)OC(=O)NC1CCN(C(=O)c2ccc3c(c2)OCCO3)CC1. The lowest BCUT2D eigenvalue weighted by Gasteiger charge is -2.33. The van der Waals surface area contributed by atoms with Crippen LogP contribution in [0.25, 0.3) is 0 Å². The van der Waals surface area contributed by atoms with Gasteiger partial charge < -0.3 is 24.4 Å². The zero-order chi connectivity index (χ0) is 18.7. The summed E-state index contributed by atoms with van der Waals surface area (Å²) in [5, 5.41) is 2.88. The van der Waals surface area contributed by atoms with E-state index in [1.54, 1.807) is 23.1 Å². The fourth-order valence-corrected chi connectivity index (χ4v) is 3.06. The van der Waals surface area contributed by atoms with Crippen molar-refractivity contribution in [3.8, 4) is 11.5 Å². The van der Waals surface area contributed by atoms with Crippen molar-refractivity contribution in [2.45, 2.75) is 45.3 Å². The molecule has 1 N–H and O–H groups in total. The van der Waals surface area contributed by atoms with Gasteiger partial charge in [0.15, 0.2) is 11.5 Å². The molecule has 0 atom stereocenters. The third-order valence-electron chi connectivity index (χ3n) is 4.29. The number of carbonyl (C=O) groups is 2. The lowest BCUT2D eigenvalue weighted by atomic mass is 10.0. The van der Waals surface area contributed by atoms with Crippen LogP contribution in [0.15, 0.2) is 18.2 Å². The predicted molar refractivity (Wildman–Crippen MR) is 95.7 cm³/mol. The highest BCUT2D eigenvalue weighted by Gasteiger charge is 2.27. The van der Waals surface area contributed by atoms with E-state index in [1.807, 2.05) is 20.8 Å². The molecule has 2 aliphatic heterocycles. The van der Waals surface area contributed by atoms with E-state index in [4.69, 9.17) is 14.2 Å². The van der Waals surface area contributed by atoms with Crippen molar-refractivity contribution in [3.63, 3.8) is 0 Å². The molecule has 7 nitrogen and oxygen atoms in total. The summed E-state index contributed by atoms with van der Waals surface area (Å²) in [6.45, 7) is 7.70. The maximum Gasteiger partial charge on any atom is 0.407 e. The second kappa shape index (κ2) is 7.43. The zero-order valence-corrected chi connectivity index (χ0v) is 15.5. The van der Waals surface area contributed by atoms with Gasteiger partial charge in [0.2, 0.25) is 0 Å². The second-order valence-electron chi connectivity index (χ2n) is 7.57. The van der Waals surface area contributed by atoms with E-state index >= 15 is 0 Å². The molecule has 26 heavy (non-hydrogen) atoms. The smallest absolute Gasteiger partial charge is 0.407 e. The van der Waals surface area contributed by atoms with Gasteiger partial charge in [-0.05, 0) is 51.8 Å². The van der Waals surface area contributed by atoms with Crippen LogP contribution in [0.5, 0.6) is 11.5 Å². The number of rotatable bonds is 2. The number of ether oxygens (including phenoxy) is 3. The van der Waals surface area contributed by atoms with Crippen LogP contribution in [0.2, 0.25) is 0 Å². The van der Waals surface area contributed by atoms with Crippen LogP contribution in [0.3, 0.4) is 0 Å². The first-order chi connectivity index (χ1) is 12.3. The molecule has 1 fully saturated rings. The van der Waals surface area contributed by atoms with Crippen molar-refractivity contribution < 1.29 is 23.8 Å². The first kappa shape index (κ1) is 18.4. The number of likely N-dealkylation sites (tertiary alicyclic amines) is 1. The Hall–Kier alpha value is -2.44. The average Bonchev–Trinajstić information content (AvgIpc) is 2.59. The molecule has 2 amide bonds. The summed E-state index contributed by atoms with van der Waals surface area (Å²) in [5.41, 5.74) is 0.0757. The Bertz CT molecular complexity index is 675. The number of fused-ring (bicyclic) bond motifs is 1. The molecular formula is C19H26N2O5. The number of nitrogens with one attached hydrogen (secondary N) is 1. The minimum atomic E-state index is -0.515. The van der Waals surface area contributed by atoms with Crippen molar-refractivity contribution in [2.75, 3.05) is 26.3 Å². The molecular weight excluding hydrogens is 336 g/mol. The predicted octanol–water partition coefficient (Wildman–Crippen LogP) is 2.59. The van der Waals surface area contributed by atoms with E-state index in [9.17, 15) is 9.59 Å². The van der Waals surface area contributed by atoms with Crippen LogP contribution in [-0.2, 0) is 4.74 Å². The maximum absolute atomic E-state index is 12.7. The number of alkyl carbamates (subject to hydrolysis) is 1. The summed E-state index contributed by atoms with van der Waals surface area (Å²) < 4.78 is 16.3. The molecule has 2 heterocycles. The summed E-state index contributed by atoms with van der Waals surface area (Å²) in [7, 11) is 0. The Morgan fingerprint density at radius 1 is 1.12 bits per heavy atom. The monoisotopic (exact) mass is 362 g/mol. The second-order valence-corrected chi connectivity index (χ2v) is 7.57. The van der Waals surface area contributed by atoms with E-state index in [1.165, 1.54) is 0 Å². The lowest BCUT2D eigenvalue weighted by Crippen LogP contribution is -2.47. The molecule has 1 aromatic carbocycles. The molecule has 7 heteroatoms. The standard InChI is InChI=1S/C19H26N2O5/c1-19(2,3)26-18(23)20-14-6-8-21(9-7-14)17(22)13-4-5-15-16(12-13)25-11-10-24-15/h4-5,12,14H,6-11H2,1-3H3,(H,20,23). The zero-order valence-electron chi connectivity index (χ0n) is 15.5. The van der Waals surface area contributed by atoms with Gasteiger partial charge in [-0.2, -0.15) is 0 Å². The topological polar surface area (TPSA) is 77.1 Å². The van der Waals surface area contributed by atoms with Crippen molar-refractivity contribution in [1.82, 2.24) is 10.2 Å². The van der Waals surface area contributed by atoms with Crippen LogP contribution >= 0.6 is 0 Å². The fourth-order valence-electron chi connectivity index (χ4n) is 3.06. The van der Waals surface area contributed by atoms with Crippen LogP contribution in [0.1, 0.15) is 44.0 Å². The Labute approximate surface area is 153 Å². The van der Waals surface area contributed by atoms with E-state index in [2.05, 4.69) is 5.32 Å². The van der Waals surface area contributed by atoms with Crippen molar-refractivity contribution in [3.05, 3.63) is 23.8 Å². The van der Waals surface area contributed by atoms with Gasteiger partial charge in [0.1, 0.15) is 18.8 Å². The Morgan fingerprint density at radius 3 is 2.42 bits per heavy atom. The molecule has 142 valence electrons. The molecule has 0 aliphatic carbocycles. The van der Waals surface area contributed by atoms with Gasteiger partial charge in [0.25, 0.3) is 5.91 Å². The Balaban J connectivity index is 1.53. The van der Waals surface area contributed by atoms with Gasteiger partial charge in [-0.15, -0.1) is 0 Å². The third kappa shape index (κ3) is 4.59. The van der Waals surface area contributed by atoms with Crippen molar-refractivity contribution in [1.29, 1.82) is 0 Å². The summed E-state index contributed by atoms with van der Waals surface area (Å²) in [6.07, 6.45) is 1.000. The number of nitrogens with zero attached hydrogens (tertiary/aromatic N) is 1. The normalized spacial score (nSPS) is 17.6. The Morgan fingerprint density at radius 2 is 1.77 bits per heavy atom. The van der Waals surface area contributed by atoms with Crippen LogP contribution in [0.4, 0.5) is 4.79 Å². The Kier molecular flexibility index (Phi) is 5.25. The molecule has 0 radical (unpaired) electrons. The highest BCUT2D eigenvalue weighted by atomic mass is 16.6. The maximum atomic E-state index is 12.7. The molecule has 1 aromatic rings. The summed E-state index contributed by atoms with van der Waals surface area (Å²) >= 11 is 0. The largest absolute Gasteiger partial charge is 0.486 e. The molecule has 0 spiro atoms. The molecule has 3 rings (SSSR count). The molecule has 1 saturated heterocycles. The highest BCUT2D eigenvalue weighted by molar-refractivity contribution is 5.95.